The Kier molecular flexibility index (Phi) is 9.98. The zero-order chi connectivity index (χ0) is 21.1. The van der Waals surface area contributed by atoms with Crippen LogP contribution in [0.4, 0.5) is 0 Å². The lowest BCUT2D eigenvalue weighted by atomic mass is 9.94. The quantitative estimate of drug-likeness (QED) is 0.493. The minimum Gasteiger partial charge on any atom is -0.357 e. The summed E-state index contributed by atoms with van der Waals surface area (Å²) in [5.41, 5.74) is 1.89. The Morgan fingerprint density at radius 3 is 2.59 bits per heavy atom. The molecule has 0 saturated heterocycles. The number of nitrogens with one attached hydrogen (secondary N) is 2. The minimum absolute atomic E-state index is 0.0387. The number of hydrogen-bond acceptors (Lipinski definition) is 3. The van der Waals surface area contributed by atoms with E-state index in [4.69, 9.17) is 4.99 Å². The van der Waals surface area contributed by atoms with Gasteiger partial charge in [-0.25, -0.2) is 0 Å². The van der Waals surface area contributed by atoms with E-state index < -0.39 is 0 Å². The lowest BCUT2D eigenvalue weighted by Gasteiger charge is -2.30. The van der Waals surface area contributed by atoms with Crippen LogP contribution in [0.1, 0.15) is 54.9 Å². The van der Waals surface area contributed by atoms with Gasteiger partial charge < -0.3 is 20.4 Å². The Bertz CT molecular complexity index is 652. The summed E-state index contributed by atoms with van der Waals surface area (Å²) >= 11 is 0. The van der Waals surface area contributed by atoms with Gasteiger partial charge >= 0.3 is 0 Å². The van der Waals surface area contributed by atoms with Crippen LogP contribution in [0.5, 0.6) is 0 Å². The van der Waals surface area contributed by atoms with Gasteiger partial charge in [-0.3, -0.25) is 9.79 Å². The van der Waals surface area contributed by atoms with Gasteiger partial charge in [0.15, 0.2) is 5.96 Å². The van der Waals surface area contributed by atoms with Crippen LogP contribution >= 0.6 is 0 Å². The second-order valence-electron chi connectivity index (χ2n) is 8.11. The predicted octanol–water partition coefficient (Wildman–Crippen LogP) is 2.75. The molecule has 2 N–H and O–H groups in total. The monoisotopic (exact) mass is 401 g/mol. The Hall–Kier alpha value is -2.08. The van der Waals surface area contributed by atoms with Crippen LogP contribution in [0.15, 0.2) is 29.3 Å². The number of amides is 1. The molecule has 162 valence electrons. The van der Waals surface area contributed by atoms with E-state index in [0.717, 1.165) is 55.7 Å². The molecular formula is C23H39N5O. The van der Waals surface area contributed by atoms with Crippen molar-refractivity contribution < 1.29 is 4.79 Å². The Balaban J connectivity index is 1.80. The largest absolute Gasteiger partial charge is 0.357 e. The first-order valence-corrected chi connectivity index (χ1v) is 11.0. The number of carbonyl (C=O) groups is 1. The molecule has 29 heavy (non-hydrogen) atoms. The van der Waals surface area contributed by atoms with Crippen molar-refractivity contribution in [1.29, 1.82) is 0 Å². The number of aliphatic imine (C=N–C) groups is 1. The van der Waals surface area contributed by atoms with E-state index in [9.17, 15) is 4.79 Å². The van der Waals surface area contributed by atoms with Crippen LogP contribution in [-0.2, 0) is 6.42 Å². The molecule has 1 aliphatic rings. The van der Waals surface area contributed by atoms with E-state index in [1.807, 2.05) is 18.2 Å². The fraction of sp³-hybridized carbons (Fsp3) is 0.652. The van der Waals surface area contributed by atoms with Gasteiger partial charge in [0.25, 0.3) is 5.91 Å². The fourth-order valence-electron chi connectivity index (χ4n) is 3.81. The van der Waals surface area contributed by atoms with Crippen LogP contribution in [-0.4, -0.2) is 75.0 Å². The van der Waals surface area contributed by atoms with Gasteiger partial charge in [-0.15, -0.1) is 0 Å². The summed E-state index contributed by atoms with van der Waals surface area (Å²) in [6.07, 6.45) is 7.62. The molecule has 0 radical (unpaired) electrons. The highest BCUT2D eigenvalue weighted by Crippen LogP contribution is 2.21. The fourth-order valence-corrected chi connectivity index (χ4v) is 3.81. The molecule has 0 aromatic heterocycles. The van der Waals surface area contributed by atoms with E-state index in [-0.39, 0.29) is 5.91 Å². The minimum atomic E-state index is 0.0387. The summed E-state index contributed by atoms with van der Waals surface area (Å²) in [6.45, 7) is 5.51. The highest BCUT2D eigenvalue weighted by Gasteiger charge is 2.17. The van der Waals surface area contributed by atoms with Crippen molar-refractivity contribution in [3.63, 3.8) is 0 Å². The highest BCUT2D eigenvalue weighted by molar-refractivity contribution is 5.94. The summed E-state index contributed by atoms with van der Waals surface area (Å²) in [4.78, 5) is 20.9. The van der Waals surface area contributed by atoms with Gasteiger partial charge in [-0.2, -0.15) is 0 Å². The van der Waals surface area contributed by atoms with E-state index in [2.05, 4.69) is 35.6 Å². The molecular weight excluding hydrogens is 362 g/mol. The summed E-state index contributed by atoms with van der Waals surface area (Å²) in [5, 5.41) is 6.75. The summed E-state index contributed by atoms with van der Waals surface area (Å²) < 4.78 is 0. The Morgan fingerprint density at radius 1 is 1.14 bits per heavy atom. The standard InChI is InChI=1S/C23H39N5O/c1-5-24-23(26-16-17-28(4)21-12-7-6-8-13-21)25-15-14-19-10-9-11-20(18-19)22(29)27(2)3/h9-11,18,21H,5-8,12-17H2,1-4H3,(H2,24,25,26). The van der Waals surface area contributed by atoms with Crippen LogP contribution in [0.25, 0.3) is 0 Å². The third-order valence-corrected chi connectivity index (χ3v) is 5.55. The third kappa shape index (κ3) is 8.05. The average Bonchev–Trinajstić information content (AvgIpc) is 2.74. The molecule has 1 aromatic carbocycles. The van der Waals surface area contributed by atoms with Gasteiger partial charge in [0.1, 0.15) is 0 Å². The van der Waals surface area contributed by atoms with Crippen molar-refractivity contribution in [2.45, 2.75) is 51.5 Å². The molecule has 1 aromatic rings. The van der Waals surface area contributed by atoms with E-state index in [1.54, 1.807) is 19.0 Å². The Morgan fingerprint density at radius 2 is 1.90 bits per heavy atom. The van der Waals surface area contributed by atoms with Crippen molar-refractivity contribution in [3.8, 4) is 0 Å². The van der Waals surface area contributed by atoms with Crippen LogP contribution in [0.3, 0.4) is 0 Å². The van der Waals surface area contributed by atoms with E-state index >= 15 is 0 Å². The molecule has 0 spiro atoms. The maximum Gasteiger partial charge on any atom is 0.253 e. The third-order valence-electron chi connectivity index (χ3n) is 5.55. The molecule has 6 heteroatoms. The number of nitrogens with zero attached hydrogens (tertiary/aromatic N) is 3. The van der Waals surface area contributed by atoms with Crippen molar-refractivity contribution in [2.75, 3.05) is 47.3 Å². The first-order valence-electron chi connectivity index (χ1n) is 11.0. The first kappa shape index (κ1) is 23.2. The van der Waals surface area contributed by atoms with Gasteiger partial charge in [0.05, 0.1) is 6.54 Å². The maximum atomic E-state index is 12.1. The van der Waals surface area contributed by atoms with Crippen LogP contribution in [0, 0.1) is 0 Å². The maximum absolute atomic E-state index is 12.1. The molecule has 0 atom stereocenters. The lowest BCUT2D eigenvalue weighted by Crippen LogP contribution is -2.39. The zero-order valence-corrected chi connectivity index (χ0v) is 18.7. The predicted molar refractivity (Wildman–Crippen MR) is 122 cm³/mol. The second kappa shape index (κ2) is 12.5. The molecule has 1 amide bonds. The Labute approximate surface area is 176 Å². The van der Waals surface area contributed by atoms with Crippen molar-refractivity contribution in [1.82, 2.24) is 20.4 Å². The highest BCUT2D eigenvalue weighted by atomic mass is 16.2. The number of carbonyl (C=O) groups excluding carboxylic acids is 1. The topological polar surface area (TPSA) is 60.0 Å². The van der Waals surface area contributed by atoms with Gasteiger partial charge in [-0.1, -0.05) is 31.4 Å². The number of likely N-dealkylation sites (N-methyl/N-ethyl adjacent to an activating group) is 1. The van der Waals surface area contributed by atoms with Crippen molar-refractivity contribution in [2.24, 2.45) is 4.99 Å². The normalized spacial score (nSPS) is 15.4. The SMILES string of the molecule is CCNC(=NCCN(C)C1CCCCC1)NCCc1cccc(C(=O)N(C)C)c1. The van der Waals surface area contributed by atoms with Crippen LogP contribution in [0.2, 0.25) is 0 Å². The van der Waals surface area contributed by atoms with Crippen LogP contribution < -0.4 is 10.6 Å². The number of rotatable bonds is 9. The molecule has 0 heterocycles. The van der Waals surface area contributed by atoms with Gasteiger partial charge in [-0.05, 0) is 50.9 Å². The van der Waals surface area contributed by atoms with Gasteiger partial charge in [0.2, 0.25) is 0 Å². The van der Waals surface area contributed by atoms with E-state index in [1.165, 1.54) is 32.1 Å². The molecule has 0 unspecified atom stereocenters. The molecule has 1 saturated carbocycles. The molecule has 6 nitrogen and oxygen atoms in total. The molecule has 0 bridgehead atoms. The zero-order valence-electron chi connectivity index (χ0n) is 18.7. The lowest BCUT2D eigenvalue weighted by molar-refractivity contribution is 0.0827. The summed E-state index contributed by atoms with van der Waals surface area (Å²) in [5.74, 6) is 0.905. The van der Waals surface area contributed by atoms with Crippen molar-refractivity contribution >= 4 is 11.9 Å². The second-order valence-corrected chi connectivity index (χ2v) is 8.11. The first-order chi connectivity index (χ1) is 14.0. The summed E-state index contributed by atoms with van der Waals surface area (Å²) in [7, 11) is 5.79. The molecule has 0 aliphatic heterocycles. The molecule has 2 rings (SSSR count). The average molecular weight is 402 g/mol. The summed E-state index contributed by atoms with van der Waals surface area (Å²) in [6, 6.07) is 8.59. The number of hydrogen-bond donors (Lipinski definition) is 2. The smallest absolute Gasteiger partial charge is 0.253 e. The molecule has 1 fully saturated rings. The van der Waals surface area contributed by atoms with Crippen molar-refractivity contribution in [3.05, 3.63) is 35.4 Å². The van der Waals surface area contributed by atoms with Gasteiger partial charge in [0, 0.05) is 45.3 Å². The van der Waals surface area contributed by atoms with E-state index in [0.29, 0.717) is 0 Å². The number of guanidine groups is 1. The molecule has 1 aliphatic carbocycles. The number of benzene rings is 1.